The molecule has 4 fully saturated rings. The Labute approximate surface area is 270 Å². The molecule has 8 rings (SSSR count). The van der Waals surface area contributed by atoms with E-state index in [4.69, 9.17) is 19.9 Å². The van der Waals surface area contributed by atoms with Gasteiger partial charge in [-0.15, -0.1) is 0 Å². The van der Waals surface area contributed by atoms with Crippen molar-refractivity contribution in [2.45, 2.75) is 82.4 Å². The number of pyridine rings is 1. The maximum absolute atomic E-state index is 13.8. The summed E-state index contributed by atoms with van der Waals surface area (Å²) in [6.07, 6.45) is 12.1. The van der Waals surface area contributed by atoms with E-state index in [2.05, 4.69) is 42.9 Å². The number of Topliss-reactive ketones (excluding diaryl/α,β-unsaturated/α-hetero) is 1. The second-order valence-corrected chi connectivity index (χ2v) is 15.4. The van der Waals surface area contributed by atoms with Crippen LogP contribution in [0.5, 0.6) is 0 Å². The molecule has 2 N–H and O–H groups in total. The van der Waals surface area contributed by atoms with Crippen molar-refractivity contribution in [2.75, 3.05) is 26.1 Å². The van der Waals surface area contributed by atoms with Gasteiger partial charge in [-0.05, 0) is 104 Å². The van der Waals surface area contributed by atoms with E-state index in [-0.39, 0.29) is 22.7 Å². The molecular weight excluding hydrogens is 582 g/mol. The highest BCUT2D eigenvalue weighted by Gasteiger charge is 2.63. The van der Waals surface area contributed by atoms with Crippen molar-refractivity contribution in [2.24, 2.45) is 34.5 Å². The number of carbonyl (C=O) groups excluding carboxylic acids is 1. The van der Waals surface area contributed by atoms with Gasteiger partial charge in [0.25, 0.3) is 0 Å². The number of allylic oxidation sites excluding steroid dienone is 1. The van der Waals surface area contributed by atoms with E-state index in [0.29, 0.717) is 29.4 Å². The molecule has 3 saturated carbocycles. The zero-order valence-corrected chi connectivity index (χ0v) is 27.6. The Kier molecular flexibility index (Phi) is 8.47. The third-order valence-electron chi connectivity index (χ3n) is 12.3. The SMILES string of the molecule is CC12Cc3cnn(C4CCOCC4)c3C=C1CCC1C2C(O)CC2(C)C(C(=O)CSc3ccc4ccccc4n3)CCC12.CO. The van der Waals surface area contributed by atoms with E-state index in [0.717, 1.165) is 87.6 Å². The number of fused-ring (bicyclic) bond motifs is 7. The zero-order chi connectivity index (χ0) is 31.3. The molecule has 3 aromatic rings. The number of ketones is 1. The first-order valence-electron chi connectivity index (χ1n) is 16.8. The van der Waals surface area contributed by atoms with Crippen LogP contribution in [0.2, 0.25) is 0 Å². The van der Waals surface area contributed by atoms with Crippen LogP contribution in [0.4, 0.5) is 0 Å². The topological polar surface area (TPSA) is 97.5 Å². The molecule has 7 nitrogen and oxygen atoms in total. The summed E-state index contributed by atoms with van der Waals surface area (Å²) < 4.78 is 7.89. The van der Waals surface area contributed by atoms with Crippen molar-refractivity contribution in [1.82, 2.24) is 14.8 Å². The highest BCUT2D eigenvalue weighted by Crippen LogP contribution is 2.66. The molecule has 45 heavy (non-hydrogen) atoms. The zero-order valence-electron chi connectivity index (χ0n) is 26.8. The molecule has 1 aliphatic heterocycles. The molecule has 7 atom stereocenters. The molecule has 1 saturated heterocycles. The summed E-state index contributed by atoms with van der Waals surface area (Å²) in [6, 6.07) is 12.7. The van der Waals surface area contributed by atoms with Gasteiger partial charge in [-0.3, -0.25) is 9.48 Å². The Hall–Kier alpha value is -2.52. The first-order chi connectivity index (χ1) is 21.8. The van der Waals surface area contributed by atoms with Crippen molar-refractivity contribution in [3.8, 4) is 0 Å². The number of aromatic nitrogens is 3. The lowest BCUT2D eigenvalue weighted by Crippen LogP contribution is -2.57. The van der Waals surface area contributed by atoms with Crippen LogP contribution in [0.3, 0.4) is 0 Å². The van der Waals surface area contributed by atoms with E-state index in [9.17, 15) is 9.90 Å². The molecule has 0 amide bonds. The summed E-state index contributed by atoms with van der Waals surface area (Å²) in [7, 11) is 1.00. The minimum atomic E-state index is -0.393. The van der Waals surface area contributed by atoms with Gasteiger partial charge >= 0.3 is 0 Å². The van der Waals surface area contributed by atoms with Gasteiger partial charge in [0.15, 0.2) is 0 Å². The largest absolute Gasteiger partial charge is 0.400 e. The van der Waals surface area contributed by atoms with Crippen LogP contribution < -0.4 is 0 Å². The van der Waals surface area contributed by atoms with E-state index in [1.54, 1.807) is 11.8 Å². The number of aliphatic hydroxyl groups is 2. The molecule has 2 aromatic heterocycles. The number of carbonyl (C=O) groups is 1. The number of hydrogen-bond donors (Lipinski definition) is 2. The maximum Gasteiger partial charge on any atom is 0.146 e. The summed E-state index contributed by atoms with van der Waals surface area (Å²) in [5.74, 6) is 1.98. The number of nitrogens with zero attached hydrogens (tertiary/aromatic N) is 3. The van der Waals surface area contributed by atoms with Crippen molar-refractivity contribution in [3.63, 3.8) is 0 Å². The van der Waals surface area contributed by atoms with Gasteiger partial charge in [-0.25, -0.2) is 4.98 Å². The smallest absolute Gasteiger partial charge is 0.146 e. The fourth-order valence-electron chi connectivity index (χ4n) is 10.3. The van der Waals surface area contributed by atoms with Gasteiger partial charge in [-0.2, -0.15) is 5.10 Å². The number of rotatable bonds is 5. The predicted molar refractivity (Wildman–Crippen MR) is 178 cm³/mol. The molecule has 0 bridgehead atoms. The average Bonchev–Trinajstić information content (AvgIpc) is 3.63. The van der Waals surface area contributed by atoms with E-state index in [1.165, 1.54) is 16.8 Å². The normalized spacial score (nSPS) is 34.1. The second-order valence-electron chi connectivity index (χ2n) is 14.4. The van der Waals surface area contributed by atoms with Gasteiger partial charge < -0.3 is 14.9 Å². The minimum absolute atomic E-state index is 0.0152. The lowest BCUT2D eigenvalue weighted by atomic mass is 9.46. The maximum atomic E-state index is 13.8. The number of aliphatic hydroxyl groups excluding tert-OH is 2. The Morgan fingerprint density at radius 2 is 1.87 bits per heavy atom. The minimum Gasteiger partial charge on any atom is -0.400 e. The van der Waals surface area contributed by atoms with Crippen LogP contribution in [0, 0.1) is 34.5 Å². The first kappa shape index (κ1) is 31.1. The van der Waals surface area contributed by atoms with Crippen LogP contribution >= 0.6 is 11.8 Å². The van der Waals surface area contributed by atoms with Crippen molar-refractivity contribution in [3.05, 3.63) is 59.4 Å². The molecule has 4 aliphatic carbocycles. The standard InChI is InChI=1S/C36H43N3O3S.CH4O/c1-35-18-23-20-37-39(25-13-15-42-16-14-25)30(23)17-24(35)8-9-26-27-10-11-28(36(27,2)19-31(40)34(26)35)32(41)21-43-33-12-7-22-5-3-4-6-29(22)38-33;1-2/h3-7,12,17,20,25-28,31,34,40H,8-11,13-16,18-19,21H2,1-2H3;2H,1H3. The van der Waals surface area contributed by atoms with Gasteiger partial charge in [0, 0.05) is 31.6 Å². The monoisotopic (exact) mass is 629 g/mol. The van der Waals surface area contributed by atoms with Crippen molar-refractivity contribution >= 4 is 34.5 Å². The second kappa shape index (κ2) is 12.3. The van der Waals surface area contributed by atoms with Gasteiger partial charge in [0.05, 0.1) is 40.3 Å². The molecule has 5 aliphatic rings. The Bertz CT molecular complexity index is 1600. The van der Waals surface area contributed by atoms with Crippen LogP contribution in [0.15, 0.2) is 53.2 Å². The van der Waals surface area contributed by atoms with Crippen molar-refractivity contribution < 1.29 is 19.7 Å². The first-order valence-corrected chi connectivity index (χ1v) is 17.8. The lowest BCUT2D eigenvalue weighted by molar-refractivity contribution is -0.140. The highest BCUT2D eigenvalue weighted by molar-refractivity contribution is 7.99. The Balaban J connectivity index is 0.00000160. The number of para-hydroxylation sites is 1. The summed E-state index contributed by atoms with van der Waals surface area (Å²) in [6.45, 7) is 6.37. The lowest BCUT2D eigenvalue weighted by Gasteiger charge is -2.59. The third kappa shape index (κ3) is 5.20. The van der Waals surface area contributed by atoms with Crippen molar-refractivity contribution in [1.29, 1.82) is 0 Å². The predicted octanol–water partition coefficient (Wildman–Crippen LogP) is 6.52. The van der Waals surface area contributed by atoms with E-state index >= 15 is 0 Å². The van der Waals surface area contributed by atoms with Gasteiger partial charge in [0.2, 0.25) is 0 Å². The fraction of sp³-hybridized carbons (Fsp3) is 0.595. The average molecular weight is 630 g/mol. The highest BCUT2D eigenvalue weighted by atomic mass is 32.2. The van der Waals surface area contributed by atoms with E-state index < -0.39 is 6.10 Å². The molecule has 8 heteroatoms. The molecule has 240 valence electrons. The van der Waals surface area contributed by atoms with E-state index in [1.807, 2.05) is 24.3 Å². The summed E-state index contributed by atoms with van der Waals surface area (Å²) in [5.41, 5.74) is 4.90. The number of hydrogen-bond acceptors (Lipinski definition) is 7. The summed E-state index contributed by atoms with van der Waals surface area (Å²) in [5, 5.41) is 25.9. The fourth-order valence-corrected chi connectivity index (χ4v) is 11.1. The molecule has 0 spiro atoms. The Morgan fingerprint density at radius 3 is 2.69 bits per heavy atom. The summed E-state index contributed by atoms with van der Waals surface area (Å²) in [4.78, 5) is 18.6. The number of benzene rings is 1. The molecule has 1 aromatic carbocycles. The van der Waals surface area contributed by atoms with Gasteiger partial charge in [0.1, 0.15) is 5.78 Å². The summed E-state index contributed by atoms with van der Waals surface area (Å²) >= 11 is 1.57. The van der Waals surface area contributed by atoms with Crippen LogP contribution in [0.1, 0.15) is 76.1 Å². The van der Waals surface area contributed by atoms with Gasteiger partial charge in [-0.1, -0.05) is 55.4 Å². The number of thioether (sulfide) groups is 1. The van der Waals surface area contributed by atoms with Crippen LogP contribution in [-0.2, 0) is 16.0 Å². The third-order valence-corrected chi connectivity index (χ3v) is 13.3. The Morgan fingerprint density at radius 1 is 1.07 bits per heavy atom. The molecule has 3 heterocycles. The quantitative estimate of drug-likeness (QED) is 0.310. The molecule has 0 radical (unpaired) electrons. The van der Waals surface area contributed by atoms with Crippen LogP contribution in [0.25, 0.3) is 17.0 Å². The molecule has 7 unspecified atom stereocenters. The van der Waals surface area contributed by atoms with Crippen LogP contribution in [-0.4, -0.2) is 62.9 Å². The molecular formula is C37H47N3O4S. The number of ether oxygens (including phenoxy) is 1.